The van der Waals surface area contributed by atoms with Crippen LogP contribution in [-0.2, 0) is 19.4 Å². The van der Waals surface area contributed by atoms with E-state index in [1.807, 2.05) is 0 Å². The summed E-state index contributed by atoms with van der Waals surface area (Å²) in [7, 11) is 0. The Bertz CT molecular complexity index is 280. The molecule has 0 saturated carbocycles. The smallest absolute Gasteiger partial charge is 0.307 e. The van der Waals surface area contributed by atoms with Crippen LogP contribution in [0.4, 0.5) is 13.2 Å². The lowest BCUT2D eigenvalue weighted by molar-refractivity contribution is -0.212. The van der Waals surface area contributed by atoms with Crippen LogP contribution in [0.15, 0.2) is 6.20 Å². The van der Waals surface area contributed by atoms with Gasteiger partial charge in [-0.2, -0.15) is 9.78 Å². The Morgan fingerprint density at radius 3 is 2.75 bits per heavy atom. The van der Waals surface area contributed by atoms with Gasteiger partial charge in [0.25, 0.3) is 0 Å². The van der Waals surface area contributed by atoms with E-state index in [0.29, 0.717) is 24.3 Å². The van der Waals surface area contributed by atoms with Gasteiger partial charge >= 0.3 is 6.30 Å². The summed E-state index contributed by atoms with van der Waals surface area (Å²) in [6.07, 6.45) is -3.36. The molecule has 0 aliphatic carbocycles. The van der Waals surface area contributed by atoms with Crippen LogP contribution in [0.2, 0.25) is 0 Å². The minimum Gasteiger partial charge on any atom is -0.307 e. The van der Waals surface area contributed by atoms with Crippen LogP contribution >= 0.6 is 0 Å². The van der Waals surface area contributed by atoms with E-state index in [1.165, 1.54) is 0 Å². The molecule has 66 valence electrons. The van der Waals surface area contributed by atoms with Gasteiger partial charge < -0.3 is 5.32 Å². The molecule has 1 aromatic rings. The lowest BCUT2D eigenvalue weighted by Crippen LogP contribution is -2.18. The number of nitrogens with zero attached hydrogens (tertiary/aromatic N) is 2. The Balaban J connectivity index is 2.38. The van der Waals surface area contributed by atoms with Crippen LogP contribution in [0.3, 0.4) is 0 Å². The molecule has 0 radical (unpaired) electrons. The predicted octanol–water partition coefficient (Wildman–Crippen LogP) is 0.963. The van der Waals surface area contributed by atoms with E-state index in [2.05, 4.69) is 10.4 Å². The highest BCUT2D eigenvalue weighted by Gasteiger charge is 2.33. The number of alkyl halides is 3. The molecule has 6 heteroatoms. The van der Waals surface area contributed by atoms with Gasteiger partial charge in [0.05, 0.1) is 5.69 Å². The Labute approximate surface area is 66.2 Å². The maximum Gasteiger partial charge on any atom is 0.504 e. The van der Waals surface area contributed by atoms with E-state index in [1.54, 1.807) is 0 Å². The second kappa shape index (κ2) is 2.22. The van der Waals surface area contributed by atoms with Gasteiger partial charge in [0, 0.05) is 24.8 Å². The molecule has 2 heterocycles. The fraction of sp³-hybridized carbons (Fsp3) is 0.500. The minimum absolute atomic E-state index is 0.0541. The first-order valence-electron chi connectivity index (χ1n) is 3.43. The number of hydrogen-bond donors (Lipinski definition) is 1. The van der Waals surface area contributed by atoms with Crippen LogP contribution in [0.1, 0.15) is 11.3 Å². The van der Waals surface area contributed by atoms with Crippen LogP contribution in [0.5, 0.6) is 0 Å². The molecule has 1 N–H and O–H groups in total. The average molecular weight is 177 g/mol. The van der Waals surface area contributed by atoms with Gasteiger partial charge in [-0.05, 0) is 0 Å². The molecule has 0 atom stereocenters. The maximum atomic E-state index is 12.0. The molecule has 0 spiro atoms. The van der Waals surface area contributed by atoms with E-state index in [4.69, 9.17) is 0 Å². The zero-order chi connectivity index (χ0) is 8.77. The number of hydrogen-bond acceptors (Lipinski definition) is 2. The first-order chi connectivity index (χ1) is 5.57. The molecule has 12 heavy (non-hydrogen) atoms. The van der Waals surface area contributed by atoms with E-state index in [0.717, 1.165) is 6.20 Å². The molecule has 0 fully saturated rings. The van der Waals surface area contributed by atoms with Crippen molar-refractivity contribution in [2.75, 3.05) is 0 Å². The summed E-state index contributed by atoms with van der Waals surface area (Å²) in [5.74, 6) is 0. The second-order valence-corrected chi connectivity index (χ2v) is 2.62. The van der Waals surface area contributed by atoms with Crippen molar-refractivity contribution in [1.82, 2.24) is 15.1 Å². The first kappa shape index (κ1) is 7.60. The number of halogens is 3. The monoisotopic (exact) mass is 177 g/mol. The van der Waals surface area contributed by atoms with Crippen LogP contribution in [-0.4, -0.2) is 9.78 Å². The van der Waals surface area contributed by atoms with Gasteiger partial charge in [0.1, 0.15) is 0 Å². The average Bonchev–Trinajstić information content (AvgIpc) is 2.37. The molecule has 0 unspecified atom stereocenters. The van der Waals surface area contributed by atoms with Crippen LogP contribution < -0.4 is 5.32 Å². The van der Waals surface area contributed by atoms with Crippen molar-refractivity contribution in [3.63, 3.8) is 0 Å². The quantitative estimate of drug-likeness (QED) is 0.639. The molecule has 1 aliphatic heterocycles. The maximum absolute atomic E-state index is 12.0. The normalized spacial score (nSPS) is 16.6. The minimum atomic E-state index is -4.38. The van der Waals surface area contributed by atoms with E-state index in [9.17, 15) is 13.2 Å². The SMILES string of the molecule is FC(F)(F)n1cc2c(n1)CNC2. The van der Waals surface area contributed by atoms with Crippen molar-refractivity contribution in [2.45, 2.75) is 19.4 Å². The van der Waals surface area contributed by atoms with Gasteiger partial charge in [0.15, 0.2) is 0 Å². The fourth-order valence-electron chi connectivity index (χ4n) is 1.19. The standard InChI is InChI=1S/C6H6F3N3/c7-6(8,9)12-3-4-1-10-2-5(4)11-12/h3,10H,1-2H2. The number of aromatic nitrogens is 2. The Hall–Kier alpha value is -1.04. The zero-order valence-corrected chi connectivity index (χ0v) is 6.02. The molecule has 0 saturated heterocycles. The van der Waals surface area contributed by atoms with Gasteiger partial charge in [-0.15, -0.1) is 13.2 Å². The summed E-state index contributed by atoms with van der Waals surface area (Å²) in [5.41, 5.74) is 1.12. The van der Waals surface area contributed by atoms with Crippen molar-refractivity contribution in [3.8, 4) is 0 Å². The summed E-state index contributed by atoms with van der Waals surface area (Å²) in [4.78, 5) is 0. The lowest BCUT2D eigenvalue weighted by Gasteiger charge is -2.04. The largest absolute Gasteiger partial charge is 0.504 e. The van der Waals surface area contributed by atoms with Crippen molar-refractivity contribution in [2.24, 2.45) is 0 Å². The number of fused-ring (bicyclic) bond motifs is 1. The second-order valence-electron chi connectivity index (χ2n) is 2.62. The van der Waals surface area contributed by atoms with Gasteiger partial charge in [0.2, 0.25) is 0 Å². The third kappa shape index (κ3) is 1.08. The van der Waals surface area contributed by atoms with Crippen LogP contribution in [0, 0.1) is 0 Å². The van der Waals surface area contributed by atoms with Crippen molar-refractivity contribution < 1.29 is 13.2 Å². The molecule has 0 aromatic carbocycles. The van der Waals surface area contributed by atoms with E-state index >= 15 is 0 Å². The van der Waals surface area contributed by atoms with Gasteiger partial charge in [-0.3, -0.25) is 0 Å². The highest BCUT2D eigenvalue weighted by Crippen LogP contribution is 2.24. The van der Waals surface area contributed by atoms with Crippen molar-refractivity contribution >= 4 is 0 Å². The van der Waals surface area contributed by atoms with Gasteiger partial charge in [-0.1, -0.05) is 0 Å². The third-order valence-electron chi connectivity index (χ3n) is 1.74. The molecular weight excluding hydrogens is 171 g/mol. The zero-order valence-electron chi connectivity index (χ0n) is 6.02. The highest BCUT2D eigenvalue weighted by atomic mass is 19.4. The summed E-state index contributed by atoms with van der Waals surface area (Å²) in [6.45, 7) is 0.907. The van der Waals surface area contributed by atoms with Crippen LogP contribution in [0.25, 0.3) is 0 Å². The predicted molar refractivity (Wildman–Crippen MR) is 34.1 cm³/mol. The summed E-state index contributed by atoms with van der Waals surface area (Å²) < 4.78 is 36.1. The summed E-state index contributed by atoms with van der Waals surface area (Å²) >= 11 is 0. The Morgan fingerprint density at radius 2 is 2.17 bits per heavy atom. The number of nitrogens with one attached hydrogen (secondary N) is 1. The fourth-order valence-corrected chi connectivity index (χ4v) is 1.19. The molecule has 1 aliphatic rings. The Kier molecular flexibility index (Phi) is 1.41. The first-order valence-corrected chi connectivity index (χ1v) is 3.43. The molecule has 0 bridgehead atoms. The number of rotatable bonds is 0. The highest BCUT2D eigenvalue weighted by molar-refractivity contribution is 5.20. The summed E-state index contributed by atoms with van der Waals surface area (Å²) in [5, 5.41) is 6.29. The van der Waals surface area contributed by atoms with E-state index in [-0.39, 0.29) is 4.68 Å². The molecule has 1 aromatic heterocycles. The molecule has 0 amide bonds. The lowest BCUT2D eigenvalue weighted by atomic mass is 10.3. The van der Waals surface area contributed by atoms with Gasteiger partial charge in [-0.25, -0.2) is 0 Å². The van der Waals surface area contributed by atoms with E-state index < -0.39 is 6.30 Å². The summed E-state index contributed by atoms with van der Waals surface area (Å²) in [6, 6.07) is 0. The van der Waals surface area contributed by atoms with Crippen molar-refractivity contribution in [1.29, 1.82) is 0 Å². The molecule has 2 rings (SSSR count). The molecule has 3 nitrogen and oxygen atoms in total. The topological polar surface area (TPSA) is 29.9 Å². The van der Waals surface area contributed by atoms with Crippen molar-refractivity contribution in [3.05, 3.63) is 17.5 Å². The third-order valence-corrected chi connectivity index (χ3v) is 1.74. The molecular formula is C6H6F3N3. The Morgan fingerprint density at radius 1 is 1.42 bits per heavy atom.